The quantitative estimate of drug-likeness (QED) is 0.803. The van der Waals surface area contributed by atoms with Gasteiger partial charge in [0.2, 0.25) is 0 Å². The fraction of sp³-hybridized carbons (Fsp3) is 0.733. The van der Waals surface area contributed by atoms with Crippen LogP contribution in [0.1, 0.15) is 62.4 Å². The van der Waals surface area contributed by atoms with Crippen LogP contribution in [0.3, 0.4) is 0 Å². The number of hydrogen-bond donors (Lipinski definition) is 1. The molecule has 0 unspecified atom stereocenters. The van der Waals surface area contributed by atoms with Crippen molar-refractivity contribution in [2.45, 2.75) is 58.4 Å². The molecular formula is C15H25N3O. The molecule has 106 valence electrons. The number of carbonyl (C=O) groups excluding carboxylic acids is 1. The van der Waals surface area contributed by atoms with Gasteiger partial charge in [0.25, 0.3) is 0 Å². The highest BCUT2D eigenvalue weighted by molar-refractivity contribution is 5.94. The Morgan fingerprint density at radius 2 is 2.16 bits per heavy atom. The van der Waals surface area contributed by atoms with Crippen LogP contribution in [-0.2, 0) is 6.54 Å². The van der Waals surface area contributed by atoms with Crippen LogP contribution in [0.4, 0.5) is 0 Å². The molecule has 0 aromatic carbocycles. The zero-order valence-electron chi connectivity index (χ0n) is 11.9. The van der Waals surface area contributed by atoms with Crippen molar-refractivity contribution >= 4 is 5.78 Å². The molecule has 2 rings (SSSR count). The van der Waals surface area contributed by atoms with E-state index in [0.717, 1.165) is 31.5 Å². The molecule has 1 saturated carbocycles. The maximum absolute atomic E-state index is 12.5. The molecule has 0 aliphatic heterocycles. The normalized spacial score (nSPS) is 18.4. The largest absolute Gasteiger partial charge is 0.330 e. The van der Waals surface area contributed by atoms with Crippen molar-refractivity contribution in [1.29, 1.82) is 0 Å². The lowest BCUT2D eigenvalue weighted by Crippen LogP contribution is -2.35. The van der Waals surface area contributed by atoms with Crippen molar-refractivity contribution < 1.29 is 4.79 Å². The van der Waals surface area contributed by atoms with E-state index in [0.29, 0.717) is 13.0 Å². The third-order valence-corrected chi connectivity index (χ3v) is 4.32. The Morgan fingerprint density at radius 3 is 2.79 bits per heavy atom. The number of Topliss-reactive ketones (excluding diaryl/α,β-unsaturated/α-hetero) is 1. The Bertz CT molecular complexity index is 419. The molecule has 0 atom stereocenters. The molecule has 2 N–H and O–H groups in total. The molecule has 4 nitrogen and oxygen atoms in total. The Kier molecular flexibility index (Phi) is 4.75. The minimum atomic E-state index is 0.0383. The van der Waals surface area contributed by atoms with Gasteiger partial charge in [0.1, 0.15) is 5.69 Å². The smallest absolute Gasteiger partial charge is 0.181 e. The van der Waals surface area contributed by atoms with Crippen molar-refractivity contribution in [2.24, 2.45) is 11.1 Å². The number of nitrogens with two attached hydrogens (primary N) is 1. The van der Waals surface area contributed by atoms with Crippen molar-refractivity contribution in [1.82, 2.24) is 9.78 Å². The molecule has 1 heterocycles. The fourth-order valence-corrected chi connectivity index (χ4v) is 3.15. The van der Waals surface area contributed by atoms with Gasteiger partial charge in [-0.3, -0.25) is 9.48 Å². The standard InChI is InChI=1S/C15H25N3O/c1-2-10-18-13(6-9-17-18)14(19)11-15(12-16)7-4-3-5-8-15/h6,9H,2-5,7-8,10-12,16H2,1H3. The molecular weight excluding hydrogens is 238 g/mol. The second-order valence-corrected chi connectivity index (χ2v) is 5.80. The summed E-state index contributed by atoms with van der Waals surface area (Å²) < 4.78 is 1.83. The van der Waals surface area contributed by atoms with E-state index >= 15 is 0 Å². The first-order chi connectivity index (χ1) is 9.21. The molecule has 0 amide bonds. The average molecular weight is 263 g/mol. The maximum Gasteiger partial charge on any atom is 0.181 e. The maximum atomic E-state index is 12.5. The van der Waals surface area contributed by atoms with Crippen LogP contribution in [0.25, 0.3) is 0 Å². The predicted octanol–water partition coefficient (Wildman–Crippen LogP) is 2.78. The fourth-order valence-electron chi connectivity index (χ4n) is 3.15. The van der Waals surface area contributed by atoms with Gasteiger partial charge in [0.05, 0.1) is 0 Å². The van der Waals surface area contributed by atoms with Crippen LogP contribution in [0.2, 0.25) is 0 Å². The molecule has 0 radical (unpaired) electrons. The summed E-state index contributed by atoms with van der Waals surface area (Å²) in [6.45, 7) is 3.53. The summed E-state index contributed by atoms with van der Waals surface area (Å²) in [5, 5.41) is 4.23. The van der Waals surface area contributed by atoms with E-state index in [-0.39, 0.29) is 11.2 Å². The Hall–Kier alpha value is -1.16. The zero-order chi connectivity index (χ0) is 13.7. The van der Waals surface area contributed by atoms with E-state index in [1.807, 2.05) is 10.7 Å². The monoisotopic (exact) mass is 263 g/mol. The summed E-state index contributed by atoms with van der Waals surface area (Å²) in [6.07, 6.45) is 9.18. The number of hydrogen-bond acceptors (Lipinski definition) is 3. The number of carbonyl (C=O) groups is 1. The molecule has 0 saturated heterocycles. The van der Waals surface area contributed by atoms with Gasteiger partial charge in [0, 0.05) is 19.2 Å². The van der Waals surface area contributed by atoms with E-state index < -0.39 is 0 Å². The van der Waals surface area contributed by atoms with Gasteiger partial charge in [-0.05, 0) is 37.3 Å². The summed E-state index contributed by atoms with van der Waals surface area (Å²) in [4.78, 5) is 12.5. The first-order valence-corrected chi connectivity index (χ1v) is 7.46. The van der Waals surface area contributed by atoms with E-state index in [4.69, 9.17) is 5.73 Å². The van der Waals surface area contributed by atoms with Crippen LogP contribution < -0.4 is 5.73 Å². The zero-order valence-corrected chi connectivity index (χ0v) is 11.9. The highest BCUT2D eigenvalue weighted by atomic mass is 16.1. The molecule has 0 bridgehead atoms. The highest BCUT2D eigenvalue weighted by Crippen LogP contribution is 2.39. The second-order valence-electron chi connectivity index (χ2n) is 5.80. The van der Waals surface area contributed by atoms with Crippen LogP contribution in [0.5, 0.6) is 0 Å². The van der Waals surface area contributed by atoms with Gasteiger partial charge in [-0.1, -0.05) is 26.2 Å². The van der Waals surface area contributed by atoms with Crippen LogP contribution >= 0.6 is 0 Å². The van der Waals surface area contributed by atoms with Crippen LogP contribution in [-0.4, -0.2) is 22.1 Å². The Labute approximate surface area is 115 Å². The van der Waals surface area contributed by atoms with Crippen molar-refractivity contribution in [3.05, 3.63) is 18.0 Å². The number of aryl methyl sites for hydroxylation is 1. The minimum Gasteiger partial charge on any atom is -0.330 e. The lowest BCUT2D eigenvalue weighted by molar-refractivity contribution is 0.0857. The summed E-state index contributed by atoms with van der Waals surface area (Å²) in [5.74, 6) is 0.207. The first-order valence-electron chi connectivity index (χ1n) is 7.46. The van der Waals surface area contributed by atoms with E-state index in [1.54, 1.807) is 6.20 Å². The summed E-state index contributed by atoms with van der Waals surface area (Å²) in [6, 6.07) is 1.84. The van der Waals surface area contributed by atoms with Gasteiger partial charge >= 0.3 is 0 Å². The molecule has 19 heavy (non-hydrogen) atoms. The molecule has 1 aromatic heterocycles. The molecule has 1 aromatic rings. The summed E-state index contributed by atoms with van der Waals surface area (Å²) in [7, 11) is 0. The Balaban J connectivity index is 2.08. The van der Waals surface area contributed by atoms with Crippen LogP contribution in [0.15, 0.2) is 12.3 Å². The number of ketones is 1. The number of rotatable bonds is 6. The van der Waals surface area contributed by atoms with Crippen molar-refractivity contribution in [3.8, 4) is 0 Å². The lowest BCUT2D eigenvalue weighted by Gasteiger charge is -2.35. The second kappa shape index (κ2) is 6.33. The van der Waals surface area contributed by atoms with Gasteiger partial charge in [-0.15, -0.1) is 0 Å². The van der Waals surface area contributed by atoms with Gasteiger partial charge < -0.3 is 5.73 Å². The van der Waals surface area contributed by atoms with Crippen molar-refractivity contribution in [3.63, 3.8) is 0 Å². The van der Waals surface area contributed by atoms with Crippen LogP contribution in [0, 0.1) is 5.41 Å². The third kappa shape index (κ3) is 3.24. The molecule has 4 heteroatoms. The first kappa shape index (κ1) is 14.3. The average Bonchev–Trinajstić information content (AvgIpc) is 2.88. The topological polar surface area (TPSA) is 60.9 Å². The Morgan fingerprint density at radius 1 is 1.42 bits per heavy atom. The van der Waals surface area contributed by atoms with E-state index in [9.17, 15) is 4.79 Å². The lowest BCUT2D eigenvalue weighted by atomic mass is 9.71. The van der Waals surface area contributed by atoms with Crippen molar-refractivity contribution in [2.75, 3.05) is 6.54 Å². The van der Waals surface area contributed by atoms with Gasteiger partial charge in [-0.25, -0.2) is 0 Å². The number of nitrogens with zero attached hydrogens (tertiary/aromatic N) is 2. The molecule has 1 fully saturated rings. The number of aromatic nitrogens is 2. The third-order valence-electron chi connectivity index (χ3n) is 4.32. The van der Waals surface area contributed by atoms with E-state index in [2.05, 4.69) is 12.0 Å². The minimum absolute atomic E-state index is 0.0383. The molecule has 1 aliphatic rings. The van der Waals surface area contributed by atoms with Gasteiger partial charge in [0.15, 0.2) is 5.78 Å². The molecule has 1 aliphatic carbocycles. The summed E-state index contributed by atoms with van der Waals surface area (Å²) in [5.41, 5.74) is 6.75. The summed E-state index contributed by atoms with van der Waals surface area (Å²) >= 11 is 0. The SMILES string of the molecule is CCCn1nccc1C(=O)CC1(CN)CCCCC1. The molecule has 0 spiro atoms. The van der Waals surface area contributed by atoms with E-state index in [1.165, 1.54) is 19.3 Å². The van der Waals surface area contributed by atoms with Gasteiger partial charge in [-0.2, -0.15) is 5.10 Å². The predicted molar refractivity (Wildman–Crippen MR) is 76.0 cm³/mol. The highest BCUT2D eigenvalue weighted by Gasteiger charge is 2.33.